The van der Waals surface area contributed by atoms with Crippen LogP contribution < -0.4 is 5.32 Å². The van der Waals surface area contributed by atoms with Crippen molar-refractivity contribution in [2.75, 3.05) is 7.11 Å². The lowest BCUT2D eigenvalue weighted by Gasteiger charge is -2.13. The molecule has 3 nitrogen and oxygen atoms in total. The van der Waals surface area contributed by atoms with Gasteiger partial charge in [-0.25, -0.2) is 4.79 Å². The van der Waals surface area contributed by atoms with Crippen LogP contribution in [0, 0.1) is 0 Å². The van der Waals surface area contributed by atoms with E-state index in [2.05, 4.69) is 10.1 Å². The van der Waals surface area contributed by atoms with Crippen LogP contribution in [0.2, 0.25) is 0 Å². The Morgan fingerprint density at radius 3 is 3.00 bits per heavy atom. The van der Waals surface area contributed by atoms with Crippen LogP contribution in [0.5, 0.6) is 0 Å². The van der Waals surface area contributed by atoms with Crippen LogP contribution in [-0.2, 0) is 4.74 Å². The lowest BCUT2D eigenvalue weighted by atomic mass is 10.2. The molecule has 0 aliphatic carbocycles. The van der Waals surface area contributed by atoms with Crippen molar-refractivity contribution in [3.8, 4) is 0 Å². The van der Waals surface area contributed by atoms with Gasteiger partial charge in [0.1, 0.15) is 0 Å². The third kappa shape index (κ3) is 2.73. The molecule has 1 heterocycles. The summed E-state index contributed by atoms with van der Waals surface area (Å²) >= 11 is 1.64. The van der Waals surface area contributed by atoms with Gasteiger partial charge in [0.05, 0.1) is 13.2 Å². The summed E-state index contributed by atoms with van der Waals surface area (Å²) in [5.41, 5.74) is 0. The molecule has 0 fully saturated rings. The Kier molecular flexibility index (Phi) is 3.76. The van der Waals surface area contributed by atoms with Crippen LogP contribution in [-0.4, -0.2) is 13.2 Å². The largest absolute Gasteiger partial charge is 0.453 e. The Balaban J connectivity index is 2.58. The SMILES string of the molecule is CCC(NC(=O)OC)c1cccs1. The number of ether oxygens (including phenoxy) is 1. The predicted octanol–water partition coefficient (Wildman–Crippen LogP) is 2.56. The van der Waals surface area contributed by atoms with Crippen molar-refractivity contribution >= 4 is 17.4 Å². The molecular weight excluding hydrogens is 186 g/mol. The maximum absolute atomic E-state index is 10.9. The minimum absolute atomic E-state index is 0.0763. The molecule has 0 aliphatic rings. The van der Waals surface area contributed by atoms with E-state index in [9.17, 15) is 4.79 Å². The van der Waals surface area contributed by atoms with Gasteiger partial charge in [-0.1, -0.05) is 13.0 Å². The lowest BCUT2D eigenvalue weighted by molar-refractivity contribution is 0.166. The van der Waals surface area contributed by atoms with E-state index in [0.29, 0.717) is 0 Å². The van der Waals surface area contributed by atoms with Gasteiger partial charge in [0, 0.05) is 4.88 Å². The summed E-state index contributed by atoms with van der Waals surface area (Å²) in [5.74, 6) is 0. The van der Waals surface area contributed by atoms with Crippen LogP contribution in [0.4, 0.5) is 4.79 Å². The number of hydrogen-bond donors (Lipinski definition) is 1. The maximum atomic E-state index is 10.9. The molecule has 0 saturated carbocycles. The normalized spacial score (nSPS) is 12.2. The fourth-order valence-corrected chi connectivity index (χ4v) is 1.93. The van der Waals surface area contributed by atoms with E-state index in [1.165, 1.54) is 7.11 Å². The van der Waals surface area contributed by atoms with E-state index < -0.39 is 0 Å². The molecule has 0 spiro atoms. The molecule has 0 aliphatic heterocycles. The first-order chi connectivity index (χ1) is 6.27. The number of carbonyl (C=O) groups excluding carboxylic acids is 1. The standard InChI is InChI=1S/C9H13NO2S/c1-3-7(10-9(11)12-2)8-5-4-6-13-8/h4-7H,3H2,1-2H3,(H,10,11). The van der Waals surface area contributed by atoms with Crippen molar-refractivity contribution in [1.29, 1.82) is 0 Å². The number of alkyl carbamates (subject to hydrolysis) is 1. The highest BCUT2D eigenvalue weighted by atomic mass is 32.1. The predicted molar refractivity (Wildman–Crippen MR) is 52.9 cm³/mol. The van der Waals surface area contributed by atoms with Crippen molar-refractivity contribution in [2.24, 2.45) is 0 Å². The van der Waals surface area contributed by atoms with E-state index in [4.69, 9.17) is 0 Å². The molecule has 1 N–H and O–H groups in total. The fraction of sp³-hybridized carbons (Fsp3) is 0.444. The van der Waals surface area contributed by atoms with Crippen molar-refractivity contribution in [1.82, 2.24) is 5.32 Å². The third-order valence-corrected chi connectivity index (χ3v) is 2.76. The van der Waals surface area contributed by atoms with Gasteiger partial charge >= 0.3 is 6.09 Å². The second kappa shape index (κ2) is 4.87. The molecule has 1 atom stereocenters. The average molecular weight is 199 g/mol. The molecule has 1 rings (SSSR count). The second-order valence-electron chi connectivity index (χ2n) is 2.61. The Bertz CT molecular complexity index is 259. The Hall–Kier alpha value is -1.03. The van der Waals surface area contributed by atoms with E-state index in [-0.39, 0.29) is 12.1 Å². The van der Waals surface area contributed by atoms with Crippen LogP contribution >= 0.6 is 11.3 Å². The molecule has 72 valence electrons. The summed E-state index contributed by atoms with van der Waals surface area (Å²) in [6.45, 7) is 2.03. The fourth-order valence-electron chi connectivity index (χ4n) is 1.07. The van der Waals surface area contributed by atoms with Gasteiger partial charge in [0.2, 0.25) is 0 Å². The van der Waals surface area contributed by atoms with E-state index in [1.54, 1.807) is 11.3 Å². The van der Waals surface area contributed by atoms with E-state index in [1.807, 2.05) is 24.4 Å². The quantitative estimate of drug-likeness (QED) is 0.812. The summed E-state index contributed by atoms with van der Waals surface area (Å²) in [5, 5.41) is 4.76. The third-order valence-electron chi connectivity index (χ3n) is 1.77. The van der Waals surface area contributed by atoms with Gasteiger partial charge in [-0.15, -0.1) is 11.3 Å². The van der Waals surface area contributed by atoms with Crippen LogP contribution in [0.15, 0.2) is 17.5 Å². The molecule has 0 aromatic carbocycles. The van der Waals surface area contributed by atoms with Crippen molar-refractivity contribution in [3.05, 3.63) is 22.4 Å². The van der Waals surface area contributed by atoms with Crippen LogP contribution in [0.25, 0.3) is 0 Å². The molecular formula is C9H13NO2S. The molecule has 1 aromatic heterocycles. The summed E-state index contributed by atoms with van der Waals surface area (Å²) < 4.78 is 4.54. The zero-order valence-corrected chi connectivity index (χ0v) is 8.56. The van der Waals surface area contributed by atoms with Gasteiger partial charge < -0.3 is 10.1 Å². The minimum atomic E-state index is -0.375. The van der Waals surface area contributed by atoms with Gasteiger partial charge in [0.15, 0.2) is 0 Å². The monoisotopic (exact) mass is 199 g/mol. The average Bonchev–Trinajstić information content (AvgIpc) is 2.66. The molecule has 1 amide bonds. The minimum Gasteiger partial charge on any atom is -0.453 e. The summed E-state index contributed by atoms with van der Waals surface area (Å²) in [7, 11) is 1.37. The molecule has 0 saturated heterocycles. The van der Waals surface area contributed by atoms with Crippen LogP contribution in [0.1, 0.15) is 24.3 Å². The number of hydrogen-bond acceptors (Lipinski definition) is 3. The highest BCUT2D eigenvalue weighted by molar-refractivity contribution is 7.10. The van der Waals surface area contributed by atoms with E-state index in [0.717, 1.165) is 11.3 Å². The molecule has 0 radical (unpaired) electrons. The second-order valence-corrected chi connectivity index (χ2v) is 3.59. The molecule has 0 bridgehead atoms. The van der Waals surface area contributed by atoms with Crippen LogP contribution in [0.3, 0.4) is 0 Å². The number of nitrogens with one attached hydrogen (secondary N) is 1. The van der Waals surface area contributed by atoms with Gasteiger partial charge in [-0.05, 0) is 17.9 Å². The molecule has 13 heavy (non-hydrogen) atoms. The summed E-state index contributed by atoms with van der Waals surface area (Å²) in [6.07, 6.45) is 0.496. The number of methoxy groups -OCH3 is 1. The van der Waals surface area contributed by atoms with Crippen molar-refractivity contribution in [3.63, 3.8) is 0 Å². The topological polar surface area (TPSA) is 38.3 Å². The smallest absolute Gasteiger partial charge is 0.407 e. The molecule has 4 heteroatoms. The highest BCUT2D eigenvalue weighted by Crippen LogP contribution is 2.21. The van der Waals surface area contributed by atoms with Gasteiger partial charge in [-0.3, -0.25) is 0 Å². The molecule has 1 unspecified atom stereocenters. The Labute approximate surface area is 81.7 Å². The summed E-state index contributed by atoms with van der Waals surface area (Å²) in [6, 6.07) is 4.06. The summed E-state index contributed by atoms with van der Waals surface area (Å²) in [4.78, 5) is 12.1. The zero-order chi connectivity index (χ0) is 9.68. The van der Waals surface area contributed by atoms with Crippen molar-refractivity contribution in [2.45, 2.75) is 19.4 Å². The number of amides is 1. The van der Waals surface area contributed by atoms with Crippen molar-refractivity contribution < 1.29 is 9.53 Å². The van der Waals surface area contributed by atoms with Gasteiger partial charge in [0.25, 0.3) is 0 Å². The zero-order valence-electron chi connectivity index (χ0n) is 7.74. The maximum Gasteiger partial charge on any atom is 0.407 e. The van der Waals surface area contributed by atoms with E-state index >= 15 is 0 Å². The number of rotatable bonds is 3. The highest BCUT2D eigenvalue weighted by Gasteiger charge is 2.12. The molecule has 1 aromatic rings. The Morgan fingerprint density at radius 2 is 2.54 bits per heavy atom. The Morgan fingerprint density at radius 1 is 1.77 bits per heavy atom. The van der Waals surface area contributed by atoms with Gasteiger partial charge in [-0.2, -0.15) is 0 Å². The first-order valence-corrected chi connectivity index (χ1v) is 5.03. The number of thiophene rings is 1. The first kappa shape index (κ1) is 10.1. The lowest BCUT2D eigenvalue weighted by Crippen LogP contribution is -2.27. The first-order valence-electron chi connectivity index (χ1n) is 4.15. The number of carbonyl (C=O) groups is 1.